The van der Waals surface area contributed by atoms with E-state index in [2.05, 4.69) is 5.32 Å². The van der Waals surface area contributed by atoms with Crippen LogP contribution >= 0.6 is 0 Å². The summed E-state index contributed by atoms with van der Waals surface area (Å²) in [6.07, 6.45) is 3.82. The van der Waals surface area contributed by atoms with E-state index in [1.807, 2.05) is 0 Å². The van der Waals surface area contributed by atoms with Crippen molar-refractivity contribution in [2.45, 2.75) is 50.9 Å². The van der Waals surface area contributed by atoms with Crippen LogP contribution in [0.15, 0.2) is 0 Å². The van der Waals surface area contributed by atoms with Gasteiger partial charge in [0, 0.05) is 13.1 Å². The first kappa shape index (κ1) is 11.5. The minimum absolute atomic E-state index is 0.0557. The maximum atomic E-state index is 11.2. The van der Waals surface area contributed by atoms with Gasteiger partial charge in [0.15, 0.2) is 0 Å². The van der Waals surface area contributed by atoms with Crippen LogP contribution in [0.25, 0.3) is 0 Å². The smallest absolute Gasteiger partial charge is 0.248 e. The molecule has 1 unspecified atom stereocenters. The number of hydrogen-bond donors (Lipinski definition) is 2. The summed E-state index contributed by atoms with van der Waals surface area (Å²) in [6.45, 7) is 1.79. The van der Waals surface area contributed by atoms with Gasteiger partial charge in [-0.15, -0.1) is 0 Å². The number of nitrogens with one attached hydrogen (secondary N) is 1. The minimum atomic E-state index is -0.348. The zero-order valence-corrected chi connectivity index (χ0v) is 8.95. The second kappa shape index (κ2) is 5.32. The molecule has 1 aliphatic rings. The maximum absolute atomic E-state index is 11.2. The number of carbonyl (C=O) groups excluding carboxylic acids is 1. The Morgan fingerprint density at radius 1 is 1.43 bits per heavy atom. The van der Waals surface area contributed by atoms with E-state index in [9.17, 15) is 4.79 Å². The molecule has 4 heteroatoms. The van der Waals surface area contributed by atoms with E-state index in [0.717, 1.165) is 25.7 Å². The van der Waals surface area contributed by atoms with Crippen molar-refractivity contribution in [3.63, 3.8) is 0 Å². The van der Waals surface area contributed by atoms with Gasteiger partial charge < -0.3 is 15.8 Å². The van der Waals surface area contributed by atoms with Gasteiger partial charge in [-0.1, -0.05) is 0 Å². The van der Waals surface area contributed by atoms with Crippen LogP contribution in [0.4, 0.5) is 0 Å². The molecule has 0 bridgehead atoms. The third-order valence-corrected chi connectivity index (χ3v) is 2.73. The van der Waals surface area contributed by atoms with Crippen LogP contribution in [0.1, 0.15) is 32.6 Å². The molecular weight excluding hydrogens is 180 g/mol. The fourth-order valence-electron chi connectivity index (χ4n) is 1.78. The zero-order valence-electron chi connectivity index (χ0n) is 8.95. The summed E-state index contributed by atoms with van der Waals surface area (Å²) in [5, 5.41) is 2.57. The van der Waals surface area contributed by atoms with Crippen molar-refractivity contribution in [1.82, 2.24) is 5.32 Å². The first-order valence-corrected chi connectivity index (χ1v) is 5.26. The molecule has 1 saturated carbocycles. The number of amides is 1. The van der Waals surface area contributed by atoms with E-state index >= 15 is 0 Å². The Bertz CT molecular complexity index is 189. The van der Waals surface area contributed by atoms with Crippen LogP contribution in [0.3, 0.4) is 0 Å². The summed E-state index contributed by atoms with van der Waals surface area (Å²) < 4.78 is 5.62. The predicted octanol–water partition coefficient (Wildman–Crippen LogP) is 0.407. The van der Waals surface area contributed by atoms with Crippen LogP contribution in [0, 0.1) is 0 Å². The largest absolute Gasteiger partial charge is 0.365 e. The van der Waals surface area contributed by atoms with Crippen LogP contribution in [0.5, 0.6) is 0 Å². The molecule has 0 radical (unpaired) electrons. The zero-order chi connectivity index (χ0) is 10.6. The fourth-order valence-corrected chi connectivity index (χ4v) is 1.78. The van der Waals surface area contributed by atoms with Crippen LogP contribution in [-0.2, 0) is 9.53 Å². The van der Waals surface area contributed by atoms with Gasteiger partial charge in [-0.05, 0) is 32.6 Å². The SMILES string of the molecule is CNC(=O)C(C)OC1CCC(N)CC1. The molecule has 0 aromatic carbocycles. The molecule has 1 atom stereocenters. The topological polar surface area (TPSA) is 64.3 Å². The van der Waals surface area contributed by atoms with E-state index in [-0.39, 0.29) is 18.1 Å². The van der Waals surface area contributed by atoms with Gasteiger partial charge in [0.1, 0.15) is 6.10 Å². The quantitative estimate of drug-likeness (QED) is 0.693. The number of carbonyl (C=O) groups is 1. The second-order valence-electron chi connectivity index (χ2n) is 3.93. The summed E-state index contributed by atoms with van der Waals surface area (Å²) in [7, 11) is 1.62. The third-order valence-electron chi connectivity index (χ3n) is 2.73. The minimum Gasteiger partial charge on any atom is -0.365 e. The number of ether oxygens (including phenoxy) is 1. The Balaban J connectivity index is 2.27. The Morgan fingerprint density at radius 2 is 2.00 bits per heavy atom. The molecule has 0 aromatic heterocycles. The lowest BCUT2D eigenvalue weighted by Crippen LogP contribution is -2.37. The van der Waals surface area contributed by atoms with Gasteiger partial charge in [0.25, 0.3) is 0 Å². The van der Waals surface area contributed by atoms with Crippen molar-refractivity contribution in [3.05, 3.63) is 0 Å². The van der Waals surface area contributed by atoms with Gasteiger partial charge in [0.2, 0.25) is 5.91 Å². The van der Waals surface area contributed by atoms with Gasteiger partial charge in [-0.25, -0.2) is 0 Å². The highest BCUT2D eigenvalue weighted by molar-refractivity contribution is 5.79. The monoisotopic (exact) mass is 200 g/mol. The summed E-state index contributed by atoms with van der Waals surface area (Å²) in [6, 6.07) is 0.324. The van der Waals surface area contributed by atoms with Gasteiger partial charge in [-0.3, -0.25) is 4.79 Å². The van der Waals surface area contributed by atoms with Crippen molar-refractivity contribution >= 4 is 5.91 Å². The molecule has 1 amide bonds. The number of nitrogens with two attached hydrogens (primary N) is 1. The molecule has 3 N–H and O–H groups in total. The van der Waals surface area contributed by atoms with Crippen LogP contribution in [0.2, 0.25) is 0 Å². The lowest BCUT2D eigenvalue weighted by molar-refractivity contribution is -0.136. The molecule has 1 rings (SSSR count). The predicted molar refractivity (Wildman–Crippen MR) is 54.8 cm³/mol. The Labute approximate surface area is 85.2 Å². The normalized spacial score (nSPS) is 29.6. The summed E-state index contributed by atoms with van der Waals surface area (Å²) >= 11 is 0. The second-order valence-corrected chi connectivity index (χ2v) is 3.93. The highest BCUT2D eigenvalue weighted by Gasteiger charge is 2.22. The maximum Gasteiger partial charge on any atom is 0.248 e. The average molecular weight is 200 g/mol. The molecule has 14 heavy (non-hydrogen) atoms. The van der Waals surface area contributed by atoms with Crippen molar-refractivity contribution in [2.24, 2.45) is 5.73 Å². The Hall–Kier alpha value is -0.610. The van der Waals surface area contributed by atoms with E-state index in [4.69, 9.17) is 10.5 Å². The van der Waals surface area contributed by atoms with Gasteiger partial charge in [0.05, 0.1) is 6.10 Å². The summed E-state index contributed by atoms with van der Waals surface area (Å²) in [5.74, 6) is -0.0557. The summed E-state index contributed by atoms with van der Waals surface area (Å²) in [5.41, 5.74) is 5.78. The van der Waals surface area contributed by atoms with Crippen molar-refractivity contribution < 1.29 is 9.53 Å². The van der Waals surface area contributed by atoms with E-state index < -0.39 is 0 Å². The van der Waals surface area contributed by atoms with E-state index in [1.165, 1.54) is 0 Å². The fraction of sp³-hybridized carbons (Fsp3) is 0.900. The molecule has 4 nitrogen and oxygen atoms in total. The molecule has 0 spiro atoms. The lowest BCUT2D eigenvalue weighted by Gasteiger charge is -2.28. The summed E-state index contributed by atoms with van der Waals surface area (Å²) in [4.78, 5) is 11.2. The molecule has 0 aromatic rings. The molecule has 1 aliphatic carbocycles. The lowest BCUT2D eigenvalue weighted by atomic mass is 9.93. The molecule has 1 fully saturated rings. The number of hydrogen-bond acceptors (Lipinski definition) is 3. The Kier molecular flexibility index (Phi) is 4.35. The molecule has 0 heterocycles. The van der Waals surface area contributed by atoms with E-state index in [0.29, 0.717) is 6.04 Å². The molecule has 0 saturated heterocycles. The first-order chi connectivity index (χ1) is 6.63. The highest BCUT2D eigenvalue weighted by Crippen LogP contribution is 2.20. The van der Waals surface area contributed by atoms with Crippen molar-refractivity contribution in [1.29, 1.82) is 0 Å². The first-order valence-electron chi connectivity index (χ1n) is 5.26. The number of rotatable bonds is 3. The molecular formula is C10H20N2O2. The van der Waals surface area contributed by atoms with Crippen molar-refractivity contribution in [3.8, 4) is 0 Å². The standard InChI is InChI=1S/C10H20N2O2/c1-7(10(13)12-2)14-9-5-3-8(11)4-6-9/h7-9H,3-6,11H2,1-2H3,(H,12,13). The van der Waals surface area contributed by atoms with Gasteiger partial charge >= 0.3 is 0 Å². The third kappa shape index (κ3) is 3.27. The number of likely N-dealkylation sites (N-methyl/N-ethyl adjacent to an activating group) is 1. The van der Waals surface area contributed by atoms with Gasteiger partial charge in [-0.2, -0.15) is 0 Å². The molecule has 82 valence electrons. The Morgan fingerprint density at radius 3 is 2.50 bits per heavy atom. The van der Waals surface area contributed by atoms with Crippen LogP contribution in [-0.4, -0.2) is 31.2 Å². The average Bonchev–Trinajstić information content (AvgIpc) is 2.20. The van der Waals surface area contributed by atoms with E-state index in [1.54, 1.807) is 14.0 Å². The van der Waals surface area contributed by atoms with Crippen LogP contribution < -0.4 is 11.1 Å². The highest BCUT2D eigenvalue weighted by atomic mass is 16.5. The molecule has 0 aliphatic heterocycles. The van der Waals surface area contributed by atoms with Crippen molar-refractivity contribution in [2.75, 3.05) is 7.05 Å².